The summed E-state index contributed by atoms with van der Waals surface area (Å²) >= 11 is 0. The van der Waals surface area contributed by atoms with Gasteiger partial charge >= 0.3 is 0 Å². The van der Waals surface area contributed by atoms with Crippen molar-refractivity contribution in [1.29, 1.82) is 0 Å². The molecular weight excluding hydrogens is 353 g/mol. The molecular formula is C22H24FN5. The molecule has 1 aromatic heterocycles. The van der Waals surface area contributed by atoms with Gasteiger partial charge in [0.15, 0.2) is 0 Å². The smallest absolute Gasteiger partial charge is 0.227 e. The number of nitrogens with one attached hydrogen (secondary N) is 1. The van der Waals surface area contributed by atoms with Crippen molar-refractivity contribution in [3.8, 4) is 0 Å². The molecule has 1 saturated heterocycles. The number of aryl methyl sites for hydroxylation is 2. The normalized spacial score (nSPS) is 14.2. The quantitative estimate of drug-likeness (QED) is 0.734. The molecule has 2 aromatic carbocycles. The Hall–Kier alpha value is -3.15. The lowest BCUT2D eigenvalue weighted by Gasteiger charge is -2.36. The van der Waals surface area contributed by atoms with Crippen molar-refractivity contribution in [2.24, 2.45) is 0 Å². The van der Waals surface area contributed by atoms with Crippen molar-refractivity contribution < 1.29 is 4.39 Å². The minimum atomic E-state index is -0.299. The number of piperazine rings is 1. The van der Waals surface area contributed by atoms with Gasteiger partial charge in [0.25, 0.3) is 0 Å². The summed E-state index contributed by atoms with van der Waals surface area (Å²) in [6, 6.07) is 17.0. The Morgan fingerprint density at radius 1 is 0.857 bits per heavy atom. The molecule has 0 radical (unpaired) electrons. The monoisotopic (exact) mass is 377 g/mol. The topological polar surface area (TPSA) is 44.3 Å². The lowest BCUT2D eigenvalue weighted by atomic mass is 10.2. The Kier molecular flexibility index (Phi) is 5.10. The average molecular weight is 377 g/mol. The molecule has 1 aliphatic rings. The third-order valence-corrected chi connectivity index (χ3v) is 4.91. The molecule has 0 unspecified atom stereocenters. The predicted octanol–water partition coefficient (Wildman–Crippen LogP) is 4.30. The minimum absolute atomic E-state index is 0.299. The van der Waals surface area contributed by atoms with Crippen LogP contribution in [0.1, 0.15) is 11.3 Å². The van der Waals surface area contributed by atoms with Crippen molar-refractivity contribution >= 4 is 23.1 Å². The molecule has 1 N–H and O–H groups in total. The summed E-state index contributed by atoms with van der Waals surface area (Å²) < 4.78 is 13.9. The number of anilines is 4. The van der Waals surface area contributed by atoms with E-state index in [4.69, 9.17) is 0 Å². The van der Waals surface area contributed by atoms with E-state index in [9.17, 15) is 4.39 Å². The summed E-state index contributed by atoms with van der Waals surface area (Å²) in [5, 5.41) is 3.07. The van der Waals surface area contributed by atoms with E-state index in [0.29, 0.717) is 17.5 Å². The molecule has 28 heavy (non-hydrogen) atoms. The Morgan fingerprint density at radius 3 is 2.36 bits per heavy atom. The lowest BCUT2D eigenvalue weighted by molar-refractivity contribution is 0.631. The number of nitrogens with zero attached hydrogens (tertiary/aromatic N) is 4. The third kappa shape index (κ3) is 4.06. The lowest BCUT2D eigenvalue weighted by Crippen LogP contribution is -2.47. The minimum Gasteiger partial charge on any atom is -0.368 e. The fraction of sp³-hybridized carbons (Fsp3) is 0.273. The van der Waals surface area contributed by atoms with Gasteiger partial charge in [-0.2, -0.15) is 4.98 Å². The molecule has 2 heterocycles. The van der Waals surface area contributed by atoms with Crippen molar-refractivity contribution in [3.05, 3.63) is 71.7 Å². The molecule has 1 aliphatic heterocycles. The van der Waals surface area contributed by atoms with Gasteiger partial charge in [0, 0.05) is 43.6 Å². The maximum absolute atomic E-state index is 13.9. The van der Waals surface area contributed by atoms with Crippen molar-refractivity contribution in [2.45, 2.75) is 13.8 Å². The molecule has 0 atom stereocenters. The number of hydrogen-bond donors (Lipinski definition) is 1. The van der Waals surface area contributed by atoms with Gasteiger partial charge in [-0.3, -0.25) is 0 Å². The predicted molar refractivity (Wildman–Crippen MR) is 112 cm³/mol. The molecule has 0 saturated carbocycles. The Balaban J connectivity index is 1.48. The van der Waals surface area contributed by atoms with E-state index in [-0.39, 0.29) is 5.82 Å². The van der Waals surface area contributed by atoms with Crippen molar-refractivity contribution in [2.75, 3.05) is 41.3 Å². The van der Waals surface area contributed by atoms with E-state index >= 15 is 0 Å². The first kappa shape index (κ1) is 18.2. The molecule has 0 amide bonds. The van der Waals surface area contributed by atoms with Crippen molar-refractivity contribution in [1.82, 2.24) is 9.97 Å². The Morgan fingerprint density at radius 2 is 1.61 bits per heavy atom. The van der Waals surface area contributed by atoms with E-state index in [1.54, 1.807) is 18.2 Å². The molecule has 5 nitrogen and oxygen atoms in total. The van der Waals surface area contributed by atoms with E-state index in [2.05, 4.69) is 56.3 Å². The van der Waals surface area contributed by atoms with Crippen LogP contribution in [0.4, 0.5) is 27.5 Å². The number of benzene rings is 2. The van der Waals surface area contributed by atoms with Crippen LogP contribution in [0, 0.1) is 19.7 Å². The first-order chi connectivity index (χ1) is 13.6. The van der Waals surface area contributed by atoms with Crippen LogP contribution in [-0.4, -0.2) is 36.1 Å². The fourth-order valence-corrected chi connectivity index (χ4v) is 3.45. The zero-order chi connectivity index (χ0) is 19.5. The summed E-state index contributed by atoms with van der Waals surface area (Å²) in [6.45, 7) is 7.56. The van der Waals surface area contributed by atoms with Gasteiger partial charge in [0.2, 0.25) is 5.95 Å². The molecule has 4 rings (SSSR count). The third-order valence-electron chi connectivity index (χ3n) is 4.91. The standard InChI is InChI=1S/C22H24FN5/c1-16-6-5-7-18(14-16)27-10-12-28(13-11-27)22-24-17(2)15-21(26-22)25-20-9-4-3-8-19(20)23/h3-9,14-15H,10-13H2,1-2H3,(H,24,25,26). The van der Waals surface area contributed by atoms with Gasteiger partial charge in [-0.05, 0) is 43.7 Å². The highest BCUT2D eigenvalue weighted by Crippen LogP contribution is 2.23. The highest BCUT2D eigenvalue weighted by atomic mass is 19.1. The van der Waals surface area contributed by atoms with Crippen LogP contribution in [0.15, 0.2) is 54.6 Å². The van der Waals surface area contributed by atoms with Crippen LogP contribution in [0.25, 0.3) is 0 Å². The second kappa shape index (κ2) is 7.84. The second-order valence-electron chi connectivity index (χ2n) is 7.11. The molecule has 6 heteroatoms. The van der Waals surface area contributed by atoms with Crippen LogP contribution in [0.3, 0.4) is 0 Å². The van der Waals surface area contributed by atoms with Gasteiger partial charge < -0.3 is 15.1 Å². The van der Waals surface area contributed by atoms with Gasteiger partial charge in [0.1, 0.15) is 11.6 Å². The zero-order valence-corrected chi connectivity index (χ0v) is 16.2. The SMILES string of the molecule is Cc1cccc(N2CCN(c3nc(C)cc(Nc4ccccc4F)n3)CC2)c1. The number of aromatic nitrogens is 2. The largest absolute Gasteiger partial charge is 0.368 e. The summed E-state index contributed by atoms with van der Waals surface area (Å²) in [4.78, 5) is 13.8. The molecule has 3 aromatic rings. The van der Waals surface area contributed by atoms with Crippen LogP contribution in [0.5, 0.6) is 0 Å². The first-order valence-corrected chi connectivity index (χ1v) is 9.52. The van der Waals surface area contributed by atoms with Gasteiger partial charge in [-0.15, -0.1) is 0 Å². The van der Waals surface area contributed by atoms with Crippen LogP contribution in [0.2, 0.25) is 0 Å². The molecule has 1 fully saturated rings. The zero-order valence-electron chi connectivity index (χ0n) is 16.2. The van der Waals surface area contributed by atoms with Crippen molar-refractivity contribution in [3.63, 3.8) is 0 Å². The van der Waals surface area contributed by atoms with E-state index < -0.39 is 0 Å². The number of halogens is 1. The van der Waals surface area contributed by atoms with Gasteiger partial charge in [-0.1, -0.05) is 24.3 Å². The second-order valence-corrected chi connectivity index (χ2v) is 7.11. The Labute approximate surface area is 164 Å². The maximum atomic E-state index is 13.9. The highest BCUT2D eigenvalue weighted by Gasteiger charge is 2.20. The molecule has 0 spiro atoms. The summed E-state index contributed by atoms with van der Waals surface area (Å²) in [5.41, 5.74) is 3.79. The highest BCUT2D eigenvalue weighted by molar-refractivity contribution is 5.58. The number of rotatable bonds is 4. The fourth-order valence-electron chi connectivity index (χ4n) is 3.45. The summed E-state index contributed by atoms with van der Waals surface area (Å²) in [6.07, 6.45) is 0. The van der Waals surface area contributed by atoms with E-state index in [1.807, 2.05) is 13.0 Å². The van der Waals surface area contributed by atoms with Gasteiger partial charge in [0.05, 0.1) is 5.69 Å². The Bertz CT molecular complexity index is 967. The van der Waals surface area contributed by atoms with Gasteiger partial charge in [-0.25, -0.2) is 9.37 Å². The maximum Gasteiger partial charge on any atom is 0.227 e. The van der Waals surface area contributed by atoms with Crippen LogP contribution in [-0.2, 0) is 0 Å². The van der Waals surface area contributed by atoms with E-state index in [0.717, 1.165) is 31.9 Å². The molecule has 0 bridgehead atoms. The molecule has 0 aliphatic carbocycles. The van der Waals surface area contributed by atoms with E-state index in [1.165, 1.54) is 17.3 Å². The number of para-hydroxylation sites is 1. The number of hydrogen-bond acceptors (Lipinski definition) is 5. The summed E-state index contributed by atoms with van der Waals surface area (Å²) in [5.74, 6) is 0.989. The first-order valence-electron chi connectivity index (χ1n) is 9.52. The van der Waals surface area contributed by atoms with Crippen LogP contribution >= 0.6 is 0 Å². The molecule has 144 valence electrons. The average Bonchev–Trinajstić information content (AvgIpc) is 2.69. The van der Waals surface area contributed by atoms with Crippen LogP contribution < -0.4 is 15.1 Å². The summed E-state index contributed by atoms with van der Waals surface area (Å²) in [7, 11) is 0.